The van der Waals surface area contributed by atoms with Crippen LogP contribution in [0.2, 0.25) is 0 Å². The number of benzene rings is 2. The lowest BCUT2D eigenvalue weighted by Crippen LogP contribution is -2.12. The molecule has 0 radical (unpaired) electrons. The summed E-state index contributed by atoms with van der Waals surface area (Å²) in [5.41, 5.74) is 9.87. The minimum absolute atomic E-state index is 0.376. The summed E-state index contributed by atoms with van der Waals surface area (Å²) in [6.07, 6.45) is 7.62. The van der Waals surface area contributed by atoms with Crippen LogP contribution in [0.15, 0.2) is 54.9 Å². The van der Waals surface area contributed by atoms with Gasteiger partial charge in [0.05, 0.1) is 16.4 Å². The second kappa shape index (κ2) is 9.73. The standard InChI is InChI=1S/C26H27N3O4/c1-2-3-4-7-17-12-21-25(22(13-17)33-16-23(30)31)24-19(26(27)32)9-5-10-20(24)29(21)15-18-8-6-11-28-14-18/h5-6,8-14H,2-4,7,15-16H2,1H3,(H2,27,32)(H,30,31). The Balaban J connectivity index is 2.01. The molecular formula is C26H27N3O4. The number of amides is 1. The summed E-state index contributed by atoms with van der Waals surface area (Å²) in [4.78, 5) is 27.8. The maximum atomic E-state index is 12.3. The number of hydrogen-bond acceptors (Lipinski definition) is 4. The van der Waals surface area contributed by atoms with E-state index in [0.29, 0.717) is 28.6 Å². The van der Waals surface area contributed by atoms with Crippen LogP contribution in [0.5, 0.6) is 5.75 Å². The van der Waals surface area contributed by atoms with Crippen molar-refractivity contribution in [2.24, 2.45) is 5.73 Å². The lowest BCUT2D eigenvalue weighted by Gasteiger charge is -2.12. The highest BCUT2D eigenvalue weighted by atomic mass is 16.5. The third-order valence-electron chi connectivity index (χ3n) is 5.76. The Hall–Kier alpha value is -3.87. The van der Waals surface area contributed by atoms with Crippen LogP contribution in [-0.2, 0) is 17.8 Å². The van der Waals surface area contributed by atoms with Crippen LogP contribution >= 0.6 is 0 Å². The van der Waals surface area contributed by atoms with Gasteiger partial charge in [0.1, 0.15) is 5.75 Å². The lowest BCUT2D eigenvalue weighted by atomic mass is 10.0. The molecule has 4 aromatic rings. The summed E-state index contributed by atoms with van der Waals surface area (Å²) in [5.74, 6) is -1.16. The van der Waals surface area contributed by atoms with Crippen LogP contribution in [0.25, 0.3) is 21.8 Å². The van der Waals surface area contributed by atoms with Gasteiger partial charge in [0, 0.05) is 29.9 Å². The molecule has 7 heteroatoms. The number of pyridine rings is 1. The molecule has 33 heavy (non-hydrogen) atoms. The van der Waals surface area contributed by atoms with E-state index >= 15 is 0 Å². The number of carboxylic acid groups (broad SMARTS) is 1. The van der Waals surface area contributed by atoms with Gasteiger partial charge in [-0.25, -0.2) is 4.79 Å². The first-order valence-electron chi connectivity index (χ1n) is 11.1. The number of ether oxygens (including phenoxy) is 1. The van der Waals surface area contributed by atoms with Gasteiger partial charge < -0.3 is 20.1 Å². The van der Waals surface area contributed by atoms with Crippen LogP contribution < -0.4 is 10.5 Å². The molecule has 2 aromatic carbocycles. The fourth-order valence-electron chi connectivity index (χ4n) is 4.30. The molecule has 0 aliphatic carbocycles. The number of primary amides is 1. The van der Waals surface area contributed by atoms with Gasteiger partial charge in [-0.3, -0.25) is 9.78 Å². The SMILES string of the molecule is CCCCCc1cc(OCC(=O)O)c2c3c(C(N)=O)cccc3n(Cc3cccnc3)c2c1. The number of carboxylic acids is 1. The zero-order valence-corrected chi connectivity index (χ0v) is 18.6. The van der Waals surface area contributed by atoms with Crippen LogP contribution in [-0.4, -0.2) is 33.1 Å². The number of rotatable bonds is 10. The number of carbonyl (C=O) groups is 2. The van der Waals surface area contributed by atoms with Crippen molar-refractivity contribution in [1.29, 1.82) is 0 Å². The van der Waals surface area contributed by atoms with E-state index in [0.717, 1.165) is 47.8 Å². The zero-order valence-electron chi connectivity index (χ0n) is 18.6. The van der Waals surface area contributed by atoms with Gasteiger partial charge in [0.2, 0.25) is 5.91 Å². The van der Waals surface area contributed by atoms with Gasteiger partial charge in [-0.1, -0.05) is 31.9 Å². The number of unbranched alkanes of at least 4 members (excludes halogenated alkanes) is 2. The van der Waals surface area contributed by atoms with Crippen molar-refractivity contribution in [3.63, 3.8) is 0 Å². The third kappa shape index (κ3) is 4.67. The van der Waals surface area contributed by atoms with E-state index in [9.17, 15) is 14.7 Å². The Bertz CT molecular complexity index is 1310. The molecule has 7 nitrogen and oxygen atoms in total. The molecule has 0 fully saturated rings. The monoisotopic (exact) mass is 445 g/mol. The van der Waals surface area contributed by atoms with E-state index in [2.05, 4.69) is 22.5 Å². The number of aromatic nitrogens is 2. The average molecular weight is 446 g/mol. The summed E-state index contributed by atoms with van der Waals surface area (Å²) in [7, 11) is 0. The van der Waals surface area contributed by atoms with Crippen LogP contribution in [0.3, 0.4) is 0 Å². The summed E-state index contributed by atoms with van der Waals surface area (Å²) < 4.78 is 7.87. The van der Waals surface area contributed by atoms with Crippen molar-refractivity contribution in [3.05, 3.63) is 71.5 Å². The lowest BCUT2D eigenvalue weighted by molar-refractivity contribution is -0.139. The fraction of sp³-hybridized carbons (Fsp3) is 0.269. The zero-order chi connectivity index (χ0) is 23.4. The number of nitrogens with zero attached hydrogens (tertiary/aromatic N) is 2. The number of carbonyl (C=O) groups excluding carboxylic acids is 1. The molecule has 0 spiro atoms. The first-order valence-corrected chi connectivity index (χ1v) is 11.1. The number of aryl methyl sites for hydroxylation is 1. The molecule has 1 amide bonds. The second-order valence-electron chi connectivity index (χ2n) is 8.14. The molecule has 0 unspecified atom stereocenters. The van der Waals surface area contributed by atoms with E-state index in [1.165, 1.54) is 0 Å². The Morgan fingerprint density at radius 1 is 1.06 bits per heavy atom. The molecular weight excluding hydrogens is 418 g/mol. The van der Waals surface area contributed by atoms with Crippen molar-refractivity contribution >= 4 is 33.7 Å². The predicted octanol–water partition coefficient (Wildman–Crippen LogP) is 4.53. The van der Waals surface area contributed by atoms with Gasteiger partial charge in [-0.15, -0.1) is 0 Å². The van der Waals surface area contributed by atoms with Crippen LogP contribution in [0.4, 0.5) is 0 Å². The topological polar surface area (TPSA) is 107 Å². The van der Waals surface area contributed by atoms with Gasteiger partial charge >= 0.3 is 5.97 Å². The number of fused-ring (bicyclic) bond motifs is 3. The Labute approximate surface area is 191 Å². The van der Waals surface area contributed by atoms with Gasteiger partial charge in [-0.2, -0.15) is 0 Å². The molecule has 3 N–H and O–H groups in total. The highest BCUT2D eigenvalue weighted by Crippen LogP contribution is 2.39. The molecule has 2 heterocycles. The molecule has 0 saturated carbocycles. The number of nitrogens with two attached hydrogens (primary N) is 1. The van der Waals surface area contributed by atoms with Crippen molar-refractivity contribution < 1.29 is 19.4 Å². The second-order valence-corrected chi connectivity index (χ2v) is 8.14. The van der Waals surface area contributed by atoms with Gasteiger partial charge in [-0.05, 0) is 54.3 Å². The molecule has 170 valence electrons. The number of aliphatic carboxylic acids is 1. The Morgan fingerprint density at radius 3 is 2.61 bits per heavy atom. The van der Waals surface area contributed by atoms with Crippen molar-refractivity contribution in [1.82, 2.24) is 9.55 Å². The minimum Gasteiger partial charge on any atom is -0.481 e. The first kappa shape index (κ1) is 22.3. The normalized spacial score (nSPS) is 11.2. The van der Waals surface area contributed by atoms with Crippen LogP contribution in [0.1, 0.15) is 47.7 Å². The maximum Gasteiger partial charge on any atom is 0.341 e. The predicted molar refractivity (Wildman–Crippen MR) is 128 cm³/mol. The van der Waals surface area contributed by atoms with E-state index in [4.69, 9.17) is 10.5 Å². The summed E-state index contributed by atoms with van der Waals surface area (Å²) in [6.45, 7) is 2.22. The van der Waals surface area contributed by atoms with E-state index in [1.807, 2.05) is 30.5 Å². The smallest absolute Gasteiger partial charge is 0.341 e. The molecule has 4 rings (SSSR count). The maximum absolute atomic E-state index is 12.3. The van der Waals surface area contributed by atoms with Crippen molar-refractivity contribution in [3.8, 4) is 5.75 Å². The van der Waals surface area contributed by atoms with Gasteiger partial charge in [0.25, 0.3) is 0 Å². The Kier molecular flexibility index (Phi) is 6.58. The van der Waals surface area contributed by atoms with Crippen molar-refractivity contribution in [2.75, 3.05) is 6.61 Å². The number of hydrogen-bond donors (Lipinski definition) is 2. The molecule has 2 aromatic heterocycles. The first-order chi connectivity index (χ1) is 16.0. The highest BCUT2D eigenvalue weighted by Gasteiger charge is 2.21. The molecule has 0 aliphatic rings. The molecule has 0 saturated heterocycles. The third-order valence-corrected chi connectivity index (χ3v) is 5.76. The van der Waals surface area contributed by atoms with E-state index < -0.39 is 18.5 Å². The largest absolute Gasteiger partial charge is 0.481 e. The summed E-state index contributed by atoms with van der Waals surface area (Å²) in [6, 6.07) is 13.3. The van der Waals surface area contributed by atoms with Gasteiger partial charge in [0.15, 0.2) is 6.61 Å². The Morgan fingerprint density at radius 2 is 1.91 bits per heavy atom. The fourth-order valence-corrected chi connectivity index (χ4v) is 4.30. The molecule has 0 atom stereocenters. The average Bonchev–Trinajstić information content (AvgIpc) is 3.12. The molecule has 0 bridgehead atoms. The van der Waals surface area contributed by atoms with Crippen LogP contribution in [0, 0.1) is 0 Å². The summed E-state index contributed by atoms with van der Waals surface area (Å²) in [5, 5.41) is 10.6. The van der Waals surface area contributed by atoms with Crippen molar-refractivity contribution in [2.45, 2.75) is 39.2 Å². The molecule has 0 aliphatic heterocycles. The quantitative estimate of drug-likeness (QED) is 0.349. The minimum atomic E-state index is -1.06. The van der Waals surface area contributed by atoms with E-state index in [-0.39, 0.29) is 0 Å². The summed E-state index contributed by atoms with van der Waals surface area (Å²) >= 11 is 0. The van der Waals surface area contributed by atoms with E-state index in [1.54, 1.807) is 18.3 Å². The highest BCUT2D eigenvalue weighted by molar-refractivity contribution is 6.19.